The molecular weight excluding hydrogens is 456 g/mol. The van der Waals surface area contributed by atoms with Gasteiger partial charge in [-0.15, -0.1) is 24.0 Å². The van der Waals surface area contributed by atoms with E-state index in [1.807, 2.05) is 0 Å². The lowest BCUT2D eigenvalue weighted by Gasteiger charge is -2.16. The smallest absolute Gasteiger partial charge is 0.356 e. The van der Waals surface area contributed by atoms with Crippen LogP contribution in [0.15, 0.2) is 29.3 Å². The molecule has 26 heavy (non-hydrogen) atoms. The standard InChI is InChI=1S/C18H27F3N4.HI/c1-3-25-11-9-15(13-25)12-24-17(22-2)23-10-8-14-4-6-16(7-5-14)18(19,20)21;/h4-7,15H,3,8-13H2,1-2H3,(H2,22,23,24);1H. The van der Waals surface area contributed by atoms with Crippen molar-refractivity contribution < 1.29 is 13.2 Å². The monoisotopic (exact) mass is 484 g/mol. The number of benzene rings is 1. The van der Waals surface area contributed by atoms with Crippen molar-refractivity contribution in [2.45, 2.75) is 25.9 Å². The van der Waals surface area contributed by atoms with Crippen LogP contribution >= 0.6 is 24.0 Å². The molecule has 148 valence electrons. The van der Waals surface area contributed by atoms with Crippen molar-refractivity contribution in [1.82, 2.24) is 15.5 Å². The van der Waals surface area contributed by atoms with E-state index in [9.17, 15) is 13.2 Å². The van der Waals surface area contributed by atoms with Crippen molar-refractivity contribution in [3.63, 3.8) is 0 Å². The molecule has 1 unspecified atom stereocenters. The molecular formula is C18H28F3IN4. The molecule has 1 fully saturated rings. The first kappa shape index (κ1) is 23.0. The zero-order chi connectivity index (χ0) is 18.3. The molecule has 1 aliphatic heterocycles. The van der Waals surface area contributed by atoms with Gasteiger partial charge >= 0.3 is 6.18 Å². The largest absolute Gasteiger partial charge is 0.416 e. The SMILES string of the molecule is CCN1CCC(CNC(=NC)NCCc2ccc(C(F)(F)F)cc2)C1.I. The summed E-state index contributed by atoms with van der Waals surface area (Å²) in [6, 6.07) is 5.31. The van der Waals surface area contributed by atoms with E-state index in [1.165, 1.54) is 18.6 Å². The summed E-state index contributed by atoms with van der Waals surface area (Å²) in [7, 11) is 1.72. The molecule has 4 nitrogen and oxygen atoms in total. The molecule has 2 N–H and O–H groups in total. The van der Waals surface area contributed by atoms with E-state index in [0.717, 1.165) is 49.8 Å². The second-order valence-electron chi connectivity index (χ2n) is 6.37. The number of likely N-dealkylation sites (tertiary alicyclic amines) is 1. The topological polar surface area (TPSA) is 39.7 Å². The zero-order valence-electron chi connectivity index (χ0n) is 15.3. The van der Waals surface area contributed by atoms with Crippen LogP contribution in [-0.4, -0.2) is 50.6 Å². The molecule has 0 aliphatic carbocycles. The number of nitrogens with zero attached hydrogens (tertiary/aromatic N) is 2. The summed E-state index contributed by atoms with van der Waals surface area (Å²) in [4.78, 5) is 6.64. The predicted molar refractivity (Wildman–Crippen MR) is 110 cm³/mol. The van der Waals surface area contributed by atoms with E-state index in [1.54, 1.807) is 7.05 Å². The number of hydrogen-bond acceptors (Lipinski definition) is 2. The van der Waals surface area contributed by atoms with Crippen molar-refractivity contribution in [2.75, 3.05) is 39.8 Å². The number of aliphatic imine (C=N–C) groups is 1. The van der Waals surface area contributed by atoms with Gasteiger partial charge in [0.05, 0.1) is 5.56 Å². The van der Waals surface area contributed by atoms with Crippen LogP contribution in [0.2, 0.25) is 0 Å². The minimum atomic E-state index is -4.28. The average Bonchev–Trinajstić information content (AvgIpc) is 3.05. The minimum absolute atomic E-state index is 0. The minimum Gasteiger partial charge on any atom is -0.356 e. The lowest BCUT2D eigenvalue weighted by molar-refractivity contribution is -0.137. The van der Waals surface area contributed by atoms with Gasteiger partial charge in [0.2, 0.25) is 0 Å². The Morgan fingerprint density at radius 2 is 1.92 bits per heavy atom. The molecule has 1 heterocycles. The number of hydrogen-bond donors (Lipinski definition) is 2. The molecule has 1 aromatic carbocycles. The van der Waals surface area contributed by atoms with Crippen LogP contribution in [0.4, 0.5) is 13.2 Å². The Balaban J connectivity index is 0.00000338. The van der Waals surface area contributed by atoms with Crippen LogP contribution in [0.3, 0.4) is 0 Å². The van der Waals surface area contributed by atoms with Crippen molar-refractivity contribution in [2.24, 2.45) is 10.9 Å². The van der Waals surface area contributed by atoms with Crippen molar-refractivity contribution in [3.05, 3.63) is 35.4 Å². The summed E-state index contributed by atoms with van der Waals surface area (Å²) in [5, 5.41) is 6.55. The summed E-state index contributed by atoms with van der Waals surface area (Å²) in [5.74, 6) is 1.37. The maximum atomic E-state index is 12.5. The molecule has 2 rings (SSSR count). The third-order valence-electron chi connectivity index (χ3n) is 4.59. The van der Waals surface area contributed by atoms with Crippen LogP contribution in [0.1, 0.15) is 24.5 Å². The summed E-state index contributed by atoms with van der Waals surface area (Å²) in [6.07, 6.45) is -2.44. The van der Waals surface area contributed by atoms with Crippen LogP contribution in [0, 0.1) is 5.92 Å². The molecule has 8 heteroatoms. The van der Waals surface area contributed by atoms with Crippen LogP contribution in [-0.2, 0) is 12.6 Å². The summed E-state index contributed by atoms with van der Waals surface area (Å²) in [6.45, 7) is 7.05. The zero-order valence-corrected chi connectivity index (χ0v) is 17.6. The molecule has 1 atom stereocenters. The number of nitrogens with one attached hydrogen (secondary N) is 2. The normalized spacial score (nSPS) is 18.5. The Hall–Kier alpha value is -1.03. The van der Waals surface area contributed by atoms with Gasteiger partial charge in [-0.25, -0.2) is 0 Å². The van der Waals surface area contributed by atoms with Crippen LogP contribution in [0.25, 0.3) is 0 Å². The van der Waals surface area contributed by atoms with Gasteiger partial charge in [-0.2, -0.15) is 13.2 Å². The number of halogens is 4. The Bertz CT molecular complexity index is 561. The van der Waals surface area contributed by atoms with E-state index < -0.39 is 11.7 Å². The molecule has 0 bridgehead atoms. The second-order valence-corrected chi connectivity index (χ2v) is 6.37. The fraction of sp³-hybridized carbons (Fsp3) is 0.611. The highest BCUT2D eigenvalue weighted by molar-refractivity contribution is 14.0. The number of rotatable bonds is 6. The van der Waals surface area contributed by atoms with Crippen LogP contribution in [0.5, 0.6) is 0 Å². The van der Waals surface area contributed by atoms with E-state index in [4.69, 9.17) is 0 Å². The van der Waals surface area contributed by atoms with E-state index in [-0.39, 0.29) is 24.0 Å². The fourth-order valence-corrected chi connectivity index (χ4v) is 3.01. The van der Waals surface area contributed by atoms with Gasteiger partial charge in [-0.05, 0) is 49.5 Å². The molecule has 1 aromatic rings. The quantitative estimate of drug-likeness (QED) is 0.370. The molecule has 1 saturated heterocycles. The third kappa shape index (κ3) is 7.30. The summed E-state index contributed by atoms with van der Waals surface area (Å²) in [5.41, 5.74) is 0.254. The number of guanidine groups is 1. The second kappa shape index (κ2) is 11.0. The molecule has 0 saturated carbocycles. The highest BCUT2D eigenvalue weighted by Crippen LogP contribution is 2.29. The Kier molecular flexibility index (Phi) is 9.70. The summed E-state index contributed by atoms with van der Waals surface area (Å²) >= 11 is 0. The van der Waals surface area contributed by atoms with Crippen LogP contribution < -0.4 is 10.6 Å². The van der Waals surface area contributed by atoms with Gasteiger partial charge in [-0.3, -0.25) is 4.99 Å². The van der Waals surface area contributed by atoms with Gasteiger partial charge in [0, 0.05) is 26.7 Å². The lowest BCUT2D eigenvalue weighted by Crippen LogP contribution is -2.41. The van der Waals surface area contributed by atoms with Gasteiger partial charge < -0.3 is 15.5 Å². The van der Waals surface area contributed by atoms with Crippen molar-refractivity contribution in [1.29, 1.82) is 0 Å². The summed E-state index contributed by atoms with van der Waals surface area (Å²) < 4.78 is 37.6. The Morgan fingerprint density at radius 1 is 1.23 bits per heavy atom. The number of alkyl halides is 3. The first-order valence-corrected chi connectivity index (χ1v) is 8.75. The van der Waals surface area contributed by atoms with E-state index in [2.05, 4.69) is 27.4 Å². The molecule has 1 aliphatic rings. The molecule has 0 amide bonds. The highest BCUT2D eigenvalue weighted by Gasteiger charge is 2.29. The van der Waals surface area contributed by atoms with E-state index >= 15 is 0 Å². The van der Waals surface area contributed by atoms with Gasteiger partial charge in [0.1, 0.15) is 0 Å². The molecule has 0 spiro atoms. The fourth-order valence-electron chi connectivity index (χ4n) is 3.01. The Labute approximate surface area is 170 Å². The third-order valence-corrected chi connectivity index (χ3v) is 4.59. The Morgan fingerprint density at radius 3 is 2.46 bits per heavy atom. The van der Waals surface area contributed by atoms with Crippen molar-refractivity contribution in [3.8, 4) is 0 Å². The van der Waals surface area contributed by atoms with E-state index in [0.29, 0.717) is 18.9 Å². The first-order valence-electron chi connectivity index (χ1n) is 8.75. The maximum Gasteiger partial charge on any atom is 0.416 e. The van der Waals surface area contributed by atoms with Crippen molar-refractivity contribution >= 4 is 29.9 Å². The lowest BCUT2D eigenvalue weighted by atomic mass is 10.1. The maximum absolute atomic E-state index is 12.5. The molecule has 0 aromatic heterocycles. The first-order chi connectivity index (χ1) is 11.9. The van der Waals surface area contributed by atoms with Gasteiger partial charge in [-0.1, -0.05) is 19.1 Å². The highest BCUT2D eigenvalue weighted by atomic mass is 127. The predicted octanol–water partition coefficient (Wildman–Crippen LogP) is 3.37. The average molecular weight is 484 g/mol. The van der Waals surface area contributed by atoms with Gasteiger partial charge in [0.25, 0.3) is 0 Å². The molecule has 0 radical (unpaired) electrons. The van der Waals surface area contributed by atoms with Gasteiger partial charge in [0.15, 0.2) is 5.96 Å².